The molecule has 2 amide bonds. The van der Waals surface area contributed by atoms with Gasteiger partial charge in [-0.2, -0.15) is 0 Å². The Morgan fingerprint density at radius 3 is 2.57 bits per heavy atom. The molecule has 1 aromatic heterocycles. The summed E-state index contributed by atoms with van der Waals surface area (Å²) >= 11 is 0. The number of likely N-dealkylation sites (tertiary alicyclic amines) is 1. The molecule has 1 aromatic carbocycles. The number of nitrogens with zero attached hydrogens (tertiary/aromatic N) is 2. The van der Waals surface area contributed by atoms with Gasteiger partial charge in [-0.1, -0.05) is 18.9 Å². The Morgan fingerprint density at radius 2 is 1.93 bits per heavy atom. The molecule has 2 aliphatic rings. The predicted octanol–water partition coefficient (Wildman–Crippen LogP) is 2.80. The minimum atomic E-state index is -0.623. The highest BCUT2D eigenvalue weighted by Crippen LogP contribution is 2.30. The Kier molecular flexibility index (Phi) is 5.94. The Labute approximate surface area is 174 Å². The van der Waals surface area contributed by atoms with Gasteiger partial charge in [0.05, 0.1) is 11.3 Å². The summed E-state index contributed by atoms with van der Waals surface area (Å²) in [5, 5.41) is 5.39. The van der Waals surface area contributed by atoms with E-state index >= 15 is 0 Å². The van der Waals surface area contributed by atoms with Gasteiger partial charge in [0.1, 0.15) is 17.2 Å². The second kappa shape index (κ2) is 8.79. The van der Waals surface area contributed by atoms with Gasteiger partial charge in [-0.15, -0.1) is 0 Å². The summed E-state index contributed by atoms with van der Waals surface area (Å²) in [6.07, 6.45) is 7.58. The molecule has 4 rings (SSSR count). The number of hydrogen-bond donors (Lipinski definition) is 3. The van der Waals surface area contributed by atoms with Crippen LogP contribution in [0, 0.1) is 5.82 Å². The van der Waals surface area contributed by atoms with Crippen molar-refractivity contribution in [1.82, 2.24) is 15.2 Å². The van der Waals surface area contributed by atoms with Crippen LogP contribution in [0.4, 0.5) is 15.8 Å². The molecule has 0 radical (unpaired) electrons. The summed E-state index contributed by atoms with van der Waals surface area (Å²) in [7, 11) is 0. The van der Waals surface area contributed by atoms with E-state index in [0.29, 0.717) is 24.2 Å². The fourth-order valence-electron chi connectivity index (χ4n) is 4.22. The van der Waals surface area contributed by atoms with Crippen LogP contribution in [0.15, 0.2) is 36.5 Å². The summed E-state index contributed by atoms with van der Waals surface area (Å²) in [6, 6.07) is 8.22. The van der Waals surface area contributed by atoms with Crippen molar-refractivity contribution >= 4 is 23.2 Å². The molecule has 1 unspecified atom stereocenters. The minimum Gasteiger partial charge on any atom is -0.397 e. The zero-order chi connectivity index (χ0) is 21.1. The lowest BCUT2D eigenvalue weighted by Gasteiger charge is -2.45. The molecular weight excluding hydrogens is 385 g/mol. The van der Waals surface area contributed by atoms with E-state index in [4.69, 9.17) is 5.73 Å². The van der Waals surface area contributed by atoms with Crippen LogP contribution in [0.25, 0.3) is 0 Å². The fourth-order valence-corrected chi connectivity index (χ4v) is 4.22. The topological polar surface area (TPSA) is 100 Å². The normalized spacial score (nSPS) is 19.3. The number of nitrogens with two attached hydrogens (primary N) is 1. The fraction of sp³-hybridized carbons (Fsp3) is 0.409. The van der Waals surface area contributed by atoms with Crippen LogP contribution in [0.3, 0.4) is 0 Å². The SMILES string of the molecule is Nc1cccc(F)c1NC(=O)c1ccc(C(=O)NCC2CCN2C2CCCC2)cn1. The first-order valence-electron chi connectivity index (χ1n) is 10.4. The Hall–Kier alpha value is -3.00. The molecule has 1 aliphatic carbocycles. The number of para-hydroxylation sites is 1. The van der Waals surface area contributed by atoms with E-state index in [-0.39, 0.29) is 23.0 Å². The molecular formula is C22H26FN5O2. The average Bonchev–Trinajstić information content (AvgIpc) is 3.24. The number of aromatic nitrogens is 1. The van der Waals surface area contributed by atoms with Gasteiger partial charge in [-0.25, -0.2) is 4.39 Å². The van der Waals surface area contributed by atoms with Gasteiger partial charge in [-0.05, 0) is 43.5 Å². The number of carbonyl (C=O) groups excluding carboxylic acids is 2. The third kappa shape index (κ3) is 4.28. The Morgan fingerprint density at radius 1 is 1.13 bits per heavy atom. The largest absolute Gasteiger partial charge is 0.397 e. The summed E-state index contributed by atoms with van der Waals surface area (Å²) in [6.45, 7) is 1.73. The number of benzene rings is 1. The van der Waals surface area contributed by atoms with Crippen LogP contribution >= 0.6 is 0 Å². The van der Waals surface area contributed by atoms with Gasteiger partial charge in [0.25, 0.3) is 11.8 Å². The number of rotatable bonds is 6. The van der Waals surface area contributed by atoms with Crippen molar-refractivity contribution in [1.29, 1.82) is 0 Å². The van der Waals surface area contributed by atoms with E-state index < -0.39 is 11.7 Å². The first kappa shape index (κ1) is 20.3. The van der Waals surface area contributed by atoms with Crippen LogP contribution in [0.1, 0.15) is 53.0 Å². The highest BCUT2D eigenvalue weighted by molar-refractivity contribution is 6.05. The van der Waals surface area contributed by atoms with Crippen molar-refractivity contribution < 1.29 is 14.0 Å². The molecule has 2 heterocycles. The molecule has 0 bridgehead atoms. The molecule has 7 nitrogen and oxygen atoms in total. The summed E-state index contributed by atoms with van der Waals surface area (Å²) in [5.41, 5.74) is 6.19. The minimum absolute atomic E-state index is 0.0700. The number of carbonyl (C=O) groups is 2. The Bertz CT molecular complexity index is 907. The maximum Gasteiger partial charge on any atom is 0.274 e. The molecule has 0 spiro atoms. The lowest BCUT2D eigenvalue weighted by atomic mass is 9.98. The number of anilines is 2. The average molecular weight is 411 g/mol. The van der Waals surface area contributed by atoms with E-state index in [1.54, 1.807) is 0 Å². The number of pyridine rings is 1. The van der Waals surface area contributed by atoms with Crippen molar-refractivity contribution in [2.75, 3.05) is 24.1 Å². The molecule has 1 saturated heterocycles. The molecule has 2 fully saturated rings. The van der Waals surface area contributed by atoms with Crippen molar-refractivity contribution in [2.24, 2.45) is 0 Å². The van der Waals surface area contributed by atoms with Crippen LogP contribution in [-0.4, -0.2) is 46.9 Å². The van der Waals surface area contributed by atoms with Crippen LogP contribution in [0.2, 0.25) is 0 Å². The third-order valence-corrected chi connectivity index (χ3v) is 6.02. The molecule has 158 valence electrons. The second-order valence-electron chi connectivity index (χ2n) is 7.92. The molecule has 2 aromatic rings. The molecule has 30 heavy (non-hydrogen) atoms. The number of nitrogens with one attached hydrogen (secondary N) is 2. The highest BCUT2D eigenvalue weighted by Gasteiger charge is 2.35. The van der Waals surface area contributed by atoms with Gasteiger partial charge >= 0.3 is 0 Å². The second-order valence-corrected chi connectivity index (χ2v) is 7.92. The van der Waals surface area contributed by atoms with Gasteiger partial charge < -0.3 is 16.4 Å². The van der Waals surface area contributed by atoms with Crippen LogP contribution in [0.5, 0.6) is 0 Å². The van der Waals surface area contributed by atoms with Gasteiger partial charge in [0, 0.05) is 31.4 Å². The van der Waals surface area contributed by atoms with Crippen molar-refractivity contribution in [3.63, 3.8) is 0 Å². The summed E-state index contributed by atoms with van der Waals surface area (Å²) in [4.78, 5) is 31.3. The maximum atomic E-state index is 13.8. The number of hydrogen-bond acceptors (Lipinski definition) is 5. The highest BCUT2D eigenvalue weighted by atomic mass is 19.1. The lowest BCUT2D eigenvalue weighted by molar-refractivity contribution is 0.0425. The molecule has 8 heteroatoms. The van der Waals surface area contributed by atoms with E-state index in [2.05, 4.69) is 20.5 Å². The predicted molar refractivity (Wildman–Crippen MR) is 113 cm³/mol. The van der Waals surface area contributed by atoms with Crippen LogP contribution in [-0.2, 0) is 0 Å². The summed E-state index contributed by atoms with van der Waals surface area (Å²) in [5.74, 6) is -1.44. The van der Waals surface area contributed by atoms with Gasteiger partial charge in [-0.3, -0.25) is 19.5 Å². The number of amides is 2. The maximum absolute atomic E-state index is 13.8. The smallest absolute Gasteiger partial charge is 0.274 e. The molecule has 4 N–H and O–H groups in total. The quantitative estimate of drug-likeness (QED) is 0.635. The standard InChI is InChI=1S/C22H26FN5O2/c23-17-6-3-7-18(24)20(17)27-22(30)19-9-8-14(12-25-19)21(29)26-13-16-10-11-28(16)15-4-1-2-5-15/h3,6-9,12,15-16H,1-2,4-5,10-11,13,24H2,(H,26,29)(H,27,30). The summed E-state index contributed by atoms with van der Waals surface area (Å²) < 4.78 is 13.8. The van der Waals surface area contributed by atoms with Crippen molar-refractivity contribution in [3.8, 4) is 0 Å². The first-order chi connectivity index (χ1) is 14.5. The van der Waals surface area contributed by atoms with Gasteiger partial charge in [0.15, 0.2) is 0 Å². The molecule has 1 atom stereocenters. The van der Waals surface area contributed by atoms with Crippen LogP contribution < -0.4 is 16.4 Å². The third-order valence-electron chi connectivity index (χ3n) is 6.02. The van der Waals surface area contributed by atoms with Crippen molar-refractivity contribution in [3.05, 3.63) is 53.6 Å². The zero-order valence-corrected chi connectivity index (χ0v) is 16.7. The van der Waals surface area contributed by atoms with E-state index in [9.17, 15) is 14.0 Å². The molecule has 1 saturated carbocycles. The number of halogens is 1. The van der Waals surface area contributed by atoms with Crippen molar-refractivity contribution in [2.45, 2.75) is 44.2 Å². The van der Waals surface area contributed by atoms with Gasteiger partial charge in [0.2, 0.25) is 0 Å². The van der Waals surface area contributed by atoms with E-state index in [1.807, 2.05) is 0 Å². The van der Waals surface area contributed by atoms with E-state index in [0.717, 1.165) is 13.0 Å². The molecule has 1 aliphatic heterocycles. The monoisotopic (exact) mass is 411 g/mol. The Balaban J connectivity index is 1.31. The zero-order valence-electron chi connectivity index (χ0n) is 16.7. The van der Waals surface area contributed by atoms with E-state index in [1.165, 1.54) is 62.2 Å². The first-order valence-corrected chi connectivity index (χ1v) is 10.4. The lowest BCUT2D eigenvalue weighted by Crippen LogP contribution is -2.56. The number of nitrogen functional groups attached to an aromatic ring is 1.